The number of rotatable bonds is 1. The highest BCUT2D eigenvalue weighted by atomic mass is 16.4. The molecule has 0 amide bonds. The number of carboxylic acid groups (broad SMARTS) is 1. The van der Waals surface area contributed by atoms with Crippen LogP contribution in [0.4, 0.5) is 0 Å². The van der Waals surface area contributed by atoms with E-state index in [-0.39, 0.29) is 28.1 Å². The van der Waals surface area contributed by atoms with Gasteiger partial charge < -0.3 is 25.5 Å². The Kier molecular flexibility index (Phi) is 5.59. The Labute approximate surface area is 216 Å². The number of aliphatic carboxylic acids is 1. The molecule has 0 aromatic heterocycles. The Hall–Kier alpha value is -0.690. The molecule has 6 heteroatoms. The van der Waals surface area contributed by atoms with Crippen LogP contribution in [0.25, 0.3) is 0 Å². The Balaban J connectivity index is 1.64. The van der Waals surface area contributed by atoms with Crippen molar-refractivity contribution in [3.05, 3.63) is 0 Å². The zero-order valence-electron chi connectivity index (χ0n) is 23.5. The zero-order chi connectivity index (χ0) is 26.9. The first-order chi connectivity index (χ1) is 16.3. The van der Waals surface area contributed by atoms with Crippen molar-refractivity contribution in [1.82, 2.24) is 0 Å². The molecule has 5 aliphatic carbocycles. The molecule has 5 rings (SSSR count). The summed E-state index contributed by atoms with van der Waals surface area (Å²) in [6, 6.07) is 0. The minimum Gasteiger partial charge on any atom is -0.481 e. The third-order valence-electron chi connectivity index (χ3n) is 13.8. The Bertz CT molecular complexity index is 946. The number of fused-ring (bicyclic) bond motifs is 7. The second kappa shape index (κ2) is 7.49. The summed E-state index contributed by atoms with van der Waals surface area (Å²) < 4.78 is 0. The summed E-state index contributed by atoms with van der Waals surface area (Å²) in [5.74, 6) is -1.07. The quantitative estimate of drug-likeness (QED) is 0.360. The number of aliphatic hydroxyl groups is 4. The van der Waals surface area contributed by atoms with E-state index in [0.29, 0.717) is 38.5 Å². The van der Waals surface area contributed by atoms with Crippen LogP contribution in [0, 0.1) is 50.2 Å². The maximum Gasteiger partial charge on any atom is 0.310 e. The SMILES string of the molecule is CC1(C)CC[C@]2(C(=O)O)CC[C@]3(C)[C@](O)([C@H](O)C[C@@H]4[C@@]5(C)C[C@@H](O)[C@H](O)C(C)(C)[C@@H]5CC[C@]43C)[C@@H]2C1. The van der Waals surface area contributed by atoms with Crippen molar-refractivity contribution in [2.75, 3.05) is 0 Å². The molecule has 36 heavy (non-hydrogen) atoms. The van der Waals surface area contributed by atoms with Crippen molar-refractivity contribution >= 4 is 5.97 Å². The average Bonchev–Trinajstić information content (AvgIpc) is 2.76. The number of carboxylic acids is 1. The van der Waals surface area contributed by atoms with Gasteiger partial charge in [-0.15, -0.1) is 0 Å². The van der Waals surface area contributed by atoms with Crippen LogP contribution >= 0.6 is 0 Å². The summed E-state index contributed by atoms with van der Waals surface area (Å²) >= 11 is 0. The molecule has 11 atom stereocenters. The molecule has 0 unspecified atom stereocenters. The van der Waals surface area contributed by atoms with E-state index < -0.39 is 52.0 Å². The molecule has 0 spiro atoms. The van der Waals surface area contributed by atoms with Gasteiger partial charge in [-0.25, -0.2) is 0 Å². The van der Waals surface area contributed by atoms with E-state index in [4.69, 9.17) is 0 Å². The molecular weight excluding hydrogens is 456 g/mol. The van der Waals surface area contributed by atoms with Crippen molar-refractivity contribution in [2.45, 2.75) is 130 Å². The summed E-state index contributed by atoms with van der Waals surface area (Å²) in [6.45, 7) is 15.1. The van der Waals surface area contributed by atoms with Crippen LogP contribution in [0.3, 0.4) is 0 Å². The fraction of sp³-hybridized carbons (Fsp3) is 0.967. The van der Waals surface area contributed by atoms with Gasteiger partial charge in [-0.3, -0.25) is 4.79 Å². The third kappa shape index (κ3) is 2.91. The summed E-state index contributed by atoms with van der Waals surface area (Å²) in [4.78, 5) is 12.8. The molecule has 0 bridgehead atoms. The molecule has 0 saturated heterocycles. The number of carbonyl (C=O) groups is 1. The highest BCUT2D eigenvalue weighted by Crippen LogP contribution is 2.78. The van der Waals surface area contributed by atoms with Crippen molar-refractivity contribution in [3.63, 3.8) is 0 Å². The molecule has 0 aromatic carbocycles. The number of hydrogen-bond donors (Lipinski definition) is 5. The van der Waals surface area contributed by atoms with Crippen molar-refractivity contribution in [3.8, 4) is 0 Å². The summed E-state index contributed by atoms with van der Waals surface area (Å²) in [5, 5.41) is 57.3. The Morgan fingerprint density at radius 3 is 2.00 bits per heavy atom. The minimum atomic E-state index is -1.49. The van der Waals surface area contributed by atoms with Gasteiger partial charge in [0.1, 0.15) is 5.60 Å². The van der Waals surface area contributed by atoms with E-state index >= 15 is 0 Å². The molecule has 5 saturated carbocycles. The van der Waals surface area contributed by atoms with Crippen LogP contribution in [0.15, 0.2) is 0 Å². The molecule has 6 nitrogen and oxygen atoms in total. The predicted molar refractivity (Wildman–Crippen MR) is 137 cm³/mol. The lowest BCUT2D eigenvalue weighted by Crippen LogP contribution is -2.79. The maximum atomic E-state index is 12.8. The second-order valence-corrected chi connectivity index (χ2v) is 15.9. The Morgan fingerprint density at radius 1 is 0.778 bits per heavy atom. The normalized spacial score (nSPS) is 57.5. The Morgan fingerprint density at radius 2 is 1.39 bits per heavy atom. The summed E-state index contributed by atoms with van der Waals surface area (Å²) in [6.07, 6.45) is 3.08. The van der Waals surface area contributed by atoms with Crippen LogP contribution in [-0.2, 0) is 4.79 Å². The van der Waals surface area contributed by atoms with Gasteiger partial charge in [-0.2, -0.15) is 0 Å². The fourth-order valence-corrected chi connectivity index (χ4v) is 11.5. The molecule has 5 fully saturated rings. The van der Waals surface area contributed by atoms with Crippen molar-refractivity contribution in [2.24, 2.45) is 50.2 Å². The highest BCUT2D eigenvalue weighted by Gasteiger charge is 2.78. The summed E-state index contributed by atoms with van der Waals surface area (Å²) in [5.41, 5.74) is -4.30. The third-order valence-corrected chi connectivity index (χ3v) is 13.8. The lowest BCUT2D eigenvalue weighted by Gasteiger charge is -2.76. The first kappa shape index (κ1) is 26.9. The lowest BCUT2D eigenvalue weighted by atomic mass is 9.29. The van der Waals surface area contributed by atoms with Crippen LogP contribution in [0.5, 0.6) is 0 Å². The van der Waals surface area contributed by atoms with E-state index in [9.17, 15) is 30.3 Å². The smallest absolute Gasteiger partial charge is 0.310 e. The van der Waals surface area contributed by atoms with Crippen LogP contribution in [-0.4, -0.2) is 55.4 Å². The molecule has 0 aromatic rings. The van der Waals surface area contributed by atoms with Crippen LogP contribution in [0.2, 0.25) is 0 Å². The van der Waals surface area contributed by atoms with Gasteiger partial charge in [-0.1, -0.05) is 48.5 Å². The monoisotopic (exact) mass is 506 g/mol. The van der Waals surface area contributed by atoms with Gasteiger partial charge in [0.25, 0.3) is 0 Å². The molecule has 5 aliphatic rings. The van der Waals surface area contributed by atoms with E-state index in [0.717, 1.165) is 19.3 Å². The second-order valence-electron chi connectivity index (χ2n) is 15.9. The van der Waals surface area contributed by atoms with Gasteiger partial charge in [-0.05, 0) is 91.3 Å². The average molecular weight is 507 g/mol. The molecular formula is C30H50O6. The molecule has 0 heterocycles. The molecule has 0 aliphatic heterocycles. The van der Waals surface area contributed by atoms with Gasteiger partial charge >= 0.3 is 5.97 Å². The lowest BCUT2D eigenvalue weighted by molar-refractivity contribution is -0.346. The van der Waals surface area contributed by atoms with Gasteiger partial charge in [0.05, 0.1) is 23.7 Å². The topological polar surface area (TPSA) is 118 Å². The number of aliphatic hydroxyl groups excluding tert-OH is 3. The first-order valence-electron chi connectivity index (χ1n) is 14.3. The van der Waals surface area contributed by atoms with Gasteiger partial charge in [0.2, 0.25) is 0 Å². The molecule has 0 radical (unpaired) electrons. The standard InChI is InChI=1S/C30H50O6/c1-24(2)10-12-29(23(34)35)13-11-28(7)27(6)9-8-18-25(3,4)22(33)17(31)15-26(18,5)19(27)14-21(32)30(28,36)20(29)16-24/h17-22,31-33,36H,8-16H2,1-7H3,(H,34,35)/t17-,18+,19-,20-,21-,22+,26+,27-,28+,29+,30-/m1/s1. The van der Waals surface area contributed by atoms with Gasteiger partial charge in [0, 0.05) is 11.3 Å². The first-order valence-corrected chi connectivity index (χ1v) is 14.3. The maximum absolute atomic E-state index is 12.8. The highest BCUT2D eigenvalue weighted by molar-refractivity contribution is 5.76. The van der Waals surface area contributed by atoms with Crippen LogP contribution < -0.4 is 0 Å². The van der Waals surface area contributed by atoms with Crippen molar-refractivity contribution in [1.29, 1.82) is 0 Å². The predicted octanol–water partition coefficient (Wildman–Crippen LogP) is 4.37. The van der Waals surface area contributed by atoms with Gasteiger partial charge in [0.15, 0.2) is 0 Å². The number of hydrogen-bond acceptors (Lipinski definition) is 5. The van der Waals surface area contributed by atoms with Crippen LogP contribution in [0.1, 0.15) is 106 Å². The van der Waals surface area contributed by atoms with Crippen molar-refractivity contribution < 1.29 is 30.3 Å². The fourth-order valence-electron chi connectivity index (χ4n) is 11.5. The van der Waals surface area contributed by atoms with E-state index in [1.165, 1.54) is 0 Å². The molecule has 5 N–H and O–H groups in total. The minimum absolute atomic E-state index is 0.0550. The van der Waals surface area contributed by atoms with E-state index in [2.05, 4.69) is 48.5 Å². The van der Waals surface area contributed by atoms with E-state index in [1.54, 1.807) is 0 Å². The summed E-state index contributed by atoms with van der Waals surface area (Å²) in [7, 11) is 0. The van der Waals surface area contributed by atoms with E-state index in [1.807, 2.05) is 0 Å². The molecule has 206 valence electrons. The largest absolute Gasteiger partial charge is 0.481 e. The zero-order valence-corrected chi connectivity index (χ0v) is 23.5.